The van der Waals surface area contributed by atoms with Crippen LogP contribution in [-0.2, 0) is 13.5 Å². The van der Waals surface area contributed by atoms with Crippen LogP contribution in [0.3, 0.4) is 0 Å². The number of primary amides is 1. The lowest BCUT2D eigenvalue weighted by Crippen LogP contribution is -2.16. The molecular weight excluding hydrogens is 234 g/mol. The van der Waals surface area contributed by atoms with Crippen LogP contribution in [0.1, 0.15) is 29.5 Å². The first-order valence-corrected chi connectivity index (χ1v) is 4.88. The summed E-state index contributed by atoms with van der Waals surface area (Å²) in [6.07, 6.45) is 1.84. The van der Waals surface area contributed by atoms with Gasteiger partial charge in [0.1, 0.15) is 5.69 Å². The van der Waals surface area contributed by atoms with E-state index in [1.807, 2.05) is 0 Å². The molecule has 1 heterocycles. The van der Waals surface area contributed by atoms with Gasteiger partial charge in [0, 0.05) is 7.05 Å². The Morgan fingerprint density at radius 3 is 2.69 bits per heavy atom. The van der Waals surface area contributed by atoms with Gasteiger partial charge in [-0.25, -0.2) is 0 Å². The molecule has 4 nitrogen and oxygen atoms in total. The van der Waals surface area contributed by atoms with Crippen molar-refractivity contribution in [3.8, 4) is 0 Å². The first-order chi connectivity index (χ1) is 6.07. The summed E-state index contributed by atoms with van der Waals surface area (Å²) in [5.41, 5.74) is 6.52. The van der Waals surface area contributed by atoms with Crippen LogP contribution in [0.2, 0.25) is 0 Å². The molecule has 0 atom stereocenters. The van der Waals surface area contributed by atoms with Crippen LogP contribution in [-0.4, -0.2) is 15.7 Å². The van der Waals surface area contributed by atoms with Crippen molar-refractivity contribution < 1.29 is 4.79 Å². The summed E-state index contributed by atoms with van der Waals surface area (Å²) in [5.74, 6) is -0.454. The molecule has 0 saturated heterocycles. The van der Waals surface area contributed by atoms with Gasteiger partial charge < -0.3 is 5.73 Å². The Labute approximate surface area is 85.2 Å². The van der Waals surface area contributed by atoms with E-state index in [2.05, 4.69) is 28.0 Å². The quantitative estimate of drug-likeness (QED) is 0.871. The van der Waals surface area contributed by atoms with E-state index < -0.39 is 5.91 Å². The Morgan fingerprint density at radius 1 is 1.69 bits per heavy atom. The van der Waals surface area contributed by atoms with E-state index in [1.165, 1.54) is 4.68 Å². The predicted octanol–water partition coefficient (Wildman–Crippen LogP) is 1.23. The third kappa shape index (κ3) is 1.91. The van der Waals surface area contributed by atoms with Gasteiger partial charge in [0.15, 0.2) is 0 Å². The van der Waals surface area contributed by atoms with E-state index in [9.17, 15) is 4.79 Å². The van der Waals surface area contributed by atoms with Gasteiger partial charge in [-0.05, 0) is 22.4 Å². The van der Waals surface area contributed by atoms with Crippen LogP contribution in [0.25, 0.3) is 0 Å². The van der Waals surface area contributed by atoms with Crippen LogP contribution in [0.15, 0.2) is 4.47 Å². The number of amides is 1. The summed E-state index contributed by atoms with van der Waals surface area (Å²) in [4.78, 5) is 11.0. The molecule has 0 aromatic carbocycles. The monoisotopic (exact) mass is 245 g/mol. The molecular formula is C8H12BrN3O. The van der Waals surface area contributed by atoms with Crippen LogP contribution in [0.4, 0.5) is 0 Å². The lowest BCUT2D eigenvalue weighted by atomic mass is 10.2. The molecule has 0 spiro atoms. The summed E-state index contributed by atoms with van der Waals surface area (Å²) in [5, 5.41) is 4.19. The summed E-state index contributed by atoms with van der Waals surface area (Å²) >= 11 is 3.32. The maximum atomic E-state index is 11.0. The zero-order chi connectivity index (χ0) is 10.0. The summed E-state index contributed by atoms with van der Waals surface area (Å²) < 4.78 is 2.24. The van der Waals surface area contributed by atoms with Gasteiger partial charge in [-0.3, -0.25) is 9.48 Å². The normalized spacial score (nSPS) is 10.4. The molecule has 0 saturated carbocycles. The molecule has 1 aromatic rings. The Bertz CT molecular complexity index is 332. The van der Waals surface area contributed by atoms with Gasteiger partial charge in [0.25, 0.3) is 5.91 Å². The molecule has 0 bridgehead atoms. The average molecular weight is 246 g/mol. The molecule has 13 heavy (non-hydrogen) atoms. The Morgan fingerprint density at radius 2 is 2.31 bits per heavy atom. The largest absolute Gasteiger partial charge is 0.364 e. The minimum atomic E-state index is -0.454. The van der Waals surface area contributed by atoms with E-state index in [1.54, 1.807) is 7.05 Å². The van der Waals surface area contributed by atoms with Crippen molar-refractivity contribution in [2.75, 3.05) is 0 Å². The van der Waals surface area contributed by atoms with E-state index >= 15 is 0 Å². The lowest BCUT2D eigenvalue weighted by molar-refractivity contribution is 0.0990. The Balaban J connectivity index is 3.14. The molecule has 0 fully saturated rings. The number of nitrogens with zero attached hydrogens (tertiary/aromatic N) is 2. The SMILES string of the molecule is CCCc1nn(C)c(C(N)=O)c1Br. The number of carbonyl (C=O) groups is 1. The van der Waals surface area contributed by atoms with E-state index in [4.69, 9.17) is 5.73 Å². The number of aryl methyl sites for hydroxylation is 2. The number of nitrogens with two attached hydrogens (primary N) is 1. The number of aromatic nitrogens is 2. The van der Waals surface area contributed by atoms with Crippen molar-refractivity contribution >= 4 is 21.8 Å². The zero-order valence-electron chi connectivity index (χ0n) is 7.67. The number of rotatable bonds is 3. The second-order valence-electron chi connectivity index (χ2n) is 2.85. The van der Waals surface area contributed by atoms with Crippen molar-refractivity contribution in [3.05, 3.63) is 15.9 Å². The van der Waals surface area contributed by atoms with Crippen LogP contribution >= 0.6 is 15.9 Å². The van der Waals surface area contributed by atoms with Crippen molar-refractivity contribution in [2.45, 2.75) is 19.8 Å². The standard InChI is InChI=1S/C8H12BrN3O/c1-3-4-5-6(9)7(8(10)13)12(2)11-5/h3-4H2,1-2H3,(H2,10,13). The molecule has 0 aliphatic rings. The highest BCUT2D eigenvalue weighted by Crippen LogP contribution is 2.21. The van der Waals surface area contributed by atoms with Crippen molar-refractivity contribution in [2.24, 2.45) is 12.8 Å². The van der Waals surface area contributed by atoms with Crippen LogP contribution in [0.5, 0.6) is 0 Å². The molecule has 0 radical (unpaired) electrons. The maximum Gasteiger partial charge on any atom is 0.268 e. The second kappa shape index (κ2) is 3.91. The van der Waals surface area contributed by atoms with Gasteiger partial charge in [0.2, 0.25) is 0 Å². The third-order valence-corrected chi connectivity index (χ3v) is 2.61. The van der Waals surface area contributed by atoms with Gasteiger partial charge in [-0.15, -0.1) is 0 Å². The Kier molecular flexibility index (Phi) is 3.08. The molecule has 5 heteroatoms. The minimum Gasteiger partial charge on any atom is -0.364 e. The number of halogens is 1. The highest BCUT2D eigenvalue weighted by Gasteiger charge is 2.16. The van der Waals surface area contributed by atoms with E-state index in [0.29, 0.717) is 5.69 Å². The summed E-state index contributed by atoms with van der Waals surface area (Å²) in [6, 6.07) is 0. The predicted molar refractivity (Wildman–Crippen MR) is 53.4 cm³/mol. The number of hydrogen-bond donors (Lipinski definition) is 1. The molecule has 1 rings (SSSR count). The molecule has 0 unspecified atom stereocenters. The fourth-order valence-electron chi connectivity index (χ4n) is 1.22. The third-order valence-electron chi connectivity index (χ3n) is 1.78. The second-order valence-corrected chi connectivity index (χ2v) is 3.64. The average Bonchev–Trinajstić information content (AvgIpc) is 2.28. The van der Waals surface area contributed by atoms with Crippen LogP contribution in [0, 0.1) is 0 Å². The fourth-order valence-corrected chi connectivity index (χ4v) is 1.95. The maximum absolute atomic E-state index is 11.0. The fraction of sp³-hybridized carbons (Fsp3) is 0.500. The van der Waals surface area contributed by atoms with E-state index in [-0.39, 0.29) is 0 Å². The van der Waals surface area contributed by atoms with E-state index in [0.717, 1.165) is 23.0 Å². The highest BCUT2D eigenvalue weighted by atomic mass is 79.9. The number of hydrogen-bond acceptors (Lipinski definition) is 2. The van der Waals surface area contributed by atoms with Gasteiger partial charge in [-0.1, -0.05) is 13.3 Å². The first-order valence-electron chi connectivity index (χ1n) is 4.09. The topological polar surface area (TPSA) is 60.9 Å². The molecule has 1 amide bonds. The summed E-state index contributed by atoms with van der Waals surface area (Å²) in [6.45, 7) is 2.06. The highest BCUT2D eigenvalue weighted by molar-refractivity contribution is 9.10. The van der Waals surface area contributed by atoms with Gasteiger partial charge in [-0.2, -0.15) is 5.10 Å². The van der Waals surface area contributed by atoms with Crippen molar-refractivity contribution in [1.82, 2.24) is 9.78 Å². The van der Waals surface area contributed by atoms with Crippen LogP contribution < -0.4 is 5.73 Å². The first kappa shape index (κ1) is 10.2. The zero-order valence-corrected chi connectivity index (χ0v) is 9.26. The summed E-state index contributed by atoms with van der Waals surface area (Å²) in [7, 11) is 1.71. The Hall–Kier alpha value is -0.840. The molecule has 0 aliphatic carbocycles. The molecule has 2 N–H and O–H groups in total. The van der Waals surface area contributed by atoms with Crippen molar-refractivity contribution in [1.29, 1.82) is 0 Å². The number of carbonyl (C=O) groups excluding carboxylic acids is 1. The smallest absolute Gasteiger partial charge is 0.268 e. The van der Waals surface area contributed by atoms with Gasteiger partial charge >= 0.3 is 0 Å². The van der Waals surface area contributed by atoms with Crippen molar-refractivity contribution in [3.63, 3.8) is 0 Å². The molecule has 1 aromatic heterocycles. The van der Waals surface area contributed by atoms with Gasteiger partial charge in [0.05, 0.1) is 10.2 Å². The molecule has 72 valence electrons. The lowest BCUT2D eigenvalue weighted by Gasteiger charge is -1.94. The molecule has 0 aliphatic heterocycles. The minimum absolute atomic E-state index is 0.434.